The van der Waals surface area contributed by atoms with Crippen molar-refractivity contribution in [1.82, 2.24) is 9.80 Å². The summed E-state index contributed by atoms with van der Waals surface area (Å²) in [6, 6.07) is 4.55. The third kappa shape index (κ3) is 2.94. The highest BCUT2D eigenvalue weighted by Gasteiger charge is 2.31. The van der Waals surface area contributed by atoms with Gasteiger partial charge in [-0.2, -0.15) is 0 Å². The molecule has 0 radical (unpaired) electrons. The number of nitrogen functional groups attached to an aromatic ring is 1. The third-order valence-corrected chi connectivity index (χ3v) is 4.51. The zero-order valence-corrected chi connectivity index (χ0v) is 13.1. The van der Waals surface area contributed by atoms with Gasteiger partial charge in [0.1, 0.15) is 13.2 Å². The molecule has 21 heavy (non-hydrogen) atoms. The van der Waals surface area contributed by atoms with Crippen molar-refractivity contribution in [3.05, 3.63) is 17.7 Å². The first-order chi connectivity index (χ1) is 10.0. The molecule has 0 bridgehead atoms. The molecular weight excluding hydrogens is 266 g/mol. The number of anilines is 1. The van der Waals surface area contributed by atoms with E-state index in [4.69, 9.17) is 15.2 Å². The van der Waals surface area contributed by atoms with E-state index < -0.39 is 0 Å². The van der Waals surface area contributed by atoms with Gasteiger partial charge in [-0.05, 0) is 31.6 Å². The third-order valence-electron chi connectivity index (χ3n) is 4.51. The van der Waals surface area contributed by atoms with Gasteiger partial charge in [0.2, 0.25) is 0 Å². The van der Waals surface area contributed by atoms with Gasteiger partial charge in [0.15, 0.2) is 11.5 Å². The quantitative estimate of drug-likeness (QED) is 0.854. The van der Waals surface area contributed by atoms with Crippen molar-refractivity contribution in [2.24, 2.45) is 5.92 Å². The van der Waals surface area contributed by atoms with Gasteiger partial charge in [-0.15, -0.1) is 0 Å². The highest BCUT2D eigenvalue weighted by Crippen LogP contribution is 2.35. The van der Waals surface area contributed by atoms with Crippen molar-refractivity contribution in [2.45, 2.75) is 19.5 Å². The lowest BCUT2D eigenvalue weighted by Crippen LogP contribution is -2.34. The number of hydrogen-bond donors (Lipinski definition) is 1. The Balaban J connectivity index is 1.74. The maximum Gasteiger partial charge on any atom is 0.163 e. The van der Waals surface area contributed by atoms with Crippen LogP contribution in [0.4, 0.5) is 5.69 Å². The lowest BCUT2D eigenvalue weighted by Gasteiger charge is -2.23. The molecule has 2 aliphatic rings. The molecule has 116 valence electrons. The average molecular weight is 291 g/mol. The molecule has 0 amide bonds. The van der Waals surface area contributed by atoms with Crippen LogP contribution in [-0.4, -0.2) is 56.2 Å². The number of ether oxygens (including phenoxy) is 2. The molecule has 0 aromatic heterocycles. The summed E-state index contributed by atoms with van der Waals surface area (Å²) in [7, 11) is 4.31. The average Bonchev–Trinajstić information content (AvgIpc) is 2.81. The Bertz CT molecular complexity index is 518. The predicted molar refractivity (Wildman–Crippen MR) is 83.8 cm³/mol. The first kappa shape index (κ1) is 14.5. The number of benzene rings is 1. The minimum Gasteiger partial charge on any atom is -0.486 e. The molecule has 2 unspecified atom stereocenters. The van der Waals surface area contributed by atoms with Crippen LogP contribution in [0.1, 0.15) is 12.5 Å². The summed E-state index contributed by atoms with van der Waals surface area (Å²) in [6.07, 6.45) is 0. The van der Waals surface area contributed by atoms with Crippen molar-refractivity contribution in [2.75, 3.05) is 46.1 Å². The van der Waals surface area contributed by atoms with Crippen LogP contribution in [0.25, 0.3) is 0 Å². The van der Waals surface area contributed by atoms with Crippen LogP contribution >= 0.6 is 0 Å². The number of hydrogen-bond acceptors (Lipinski definition) is 5. The summed E-state index contributed by atoms with van der Waals surface area (Å²) in [5, 5.41) is 0. The van der Waals surface area contributed by atoms with E-state index in [-0.39, 0.29) is 0 Å². The number of rotatable bonds is 3. The van der Waals surface area contributed by atoms with Crippen LogP contribution in [0.3, 0.4) is 0 Å². The SMILES string of the molecule is CC1CN(Cc2cc3c(cc2N)OCCO3)CC1N(C)C. The summed E-state index contributed by atoms with van der Waals surface area (Å²) in [6.45, 7) is 6.59. The Morgan fingerprint density at radius 3 is 2.48 bits per heavy atom. The fourth-order valence-corrected chi connectivity index (χ4v) is 3.37. The fourth-order valence-electron chi connectivity index (χ4n) is 3.37. The molecule has 1 aromatic rings. The molecule has 1 aromatic carbocycles. The highest BCUT2D eigenvalue weighted by atomic mass is 16.6. The zero-order chi connectivity index (χ0) is 15.0. The lowest BCUT2D eigenvalue weighted by atomic mass is 10.1. The van der Waals surface area contributed by atoms with E-state index in [0.717, 1.165) is 42.4 Å². The molecule has 1 fully saturated rings. The van der Waals surface area contributed by atoms with Crippen molar-refractivity contribution >= 4 is 5.69 Å². The topological polar surface area (TPSA) is 51.0 Å². The molecule has 0 aliphatic carbocycles. The number of likely N-dealkylation sites (tertiary alicyclic amines) is 1. The van der Waals surface area contributed by atoms with Crippen LogP contribution in [0.2, 0.25) is 0 Å². The molecule has 2 aliphatic heterocycles. The monoisotopic (exact) mass is 291 g/mol. The van der Waals surface area contributed by atoms with Crippen LogP contribution < -0.4 is 15.2 Å². The van der Waals surface area contributed by atoms with Gasteiger partial charge in [0.05, 0.1) is 0 Å². The van der Waals surface area contributed by atoms with Crippen LogP contribution in [0.5, 0.6) is 11.5 Å². The van der Waals surface area contributed by atoms with Gasteiger partial charge in [-0.1, -0.05) is 6.92 Å². The van der Waals surface area contributed by atoms with Gasteiger partial charge in [-0.25, -0.2) is 0 Å². The number of fused-ring (bicyclic) bond motifs is 1. The van der Waals surface area contributed by atoms with Crippen molar-refractivity contribution in [1.29, 1.82) is 0 Å². The number of nitrogens with zero attached hydrogens (tertiary/aromatic N) is 2. The van der Waals surface area contributed by atoms with E-state index in [1.165, 1.54) is 0 Å². The summed E-state index contributed by atoms with van der Waals surface area (Å²) in [5.41, 5.74) is 8.10. The molecule has 2 heterocycles. The first-order valence-electron chi connectivity index (χ1n) is 7.61. The second-order valence-corrected chi connectivity index (χ2v) is 6.40. The Hall–Kier alpha value is -1.46. The van der Waals surface area contributed by atoms with Gasteiger partial charge in [0.25, 0.3) is 0 Å². The maximum absolute atomic E-state index is 6.18. The van der Waals surface area contributed by atoms with Crippen LogP contribution in [0.15, 0.2) is 12.1 Å². The number of nitrogens with two attached hydrogens (primary N) is 1. The predicted octanol–water partition coefficient (Wildman–Crippen LogP) is 1.42. The Morgan fingerprint density at radius 1 is 1.19 bits per heavy atom. The number of likely N-dealkylation sites (N-methyl/N-ethyl adjacent to an activating group) is 1. The Morgan fingerprint density at radius 2 is 1.86 bits per heavy atom. The van der Waals surface area contributed by atoms with Gasteiger partial charge >= 0.3 is 0 Å². The molecule has 1 saturated heterocycles. The molecule has 5 nitrogen and oxygen atoms in total. The van der Waals surface area contributed by atoms with E-state index in [1.807, 2.05) is 12.1 Å². The van der Waals surface area contributed by atoms with Gasteiger partial charge < -0.3 is 20.1 Å². The molecule has 2 N–H and O–H groups in total. The molecule has 0 saturated carbocycles. The smallest absolute Gasteiger partial charge is 0.163 e. The maximum atomic E-state index is 6.18. The molecule has 2 atom stereocenters. The second-order valence-electron chi connectivity index (χ2n) is 6.40. The molecule has 3 rings (SSSR count). The van der Waals surface area contributed by atoms with E-state index in [9.17, 15) is 0 Å². The molecule has 0 spiro atoms. The van der Waals surface area contributed by atoms with Crippen molar-refractivity contribution in [3.8, 4) is 11.5 Å². The van der Waals surface area contributed by atoms with E-state index >= 15 is 0 Å². The summed E-state index contributed by atoms with van der Waals surface area (Å²) in [5.74, 6) is 2.27. The minimum atomic E-state index is 0.597. The standard InChI is InChI=1S/C16H25N3O2/c1-11-8-19(10-14(11)18(2)3)9-12-6-15-16(7-13(12)17)21-5-4-20-15/h6-7,11,14H,4-5,8-10,17H2,1-3H3. The summed E-state index contributed by atoms with van der Waals surface area (Å²) >= 11 is 0. The van der Waals surface area contributed by atoms with Crippen molar-refractivity contribution < 1.29 is 9.47 Å². The second kappa shape index (κ2) is 5.73. The Kier molecular flexibility index (Phi) is 3.95. The van der Waals surface area contributed by atoms with E-state index in [0.29, 0.717) is 25.2 Å². The summed E-state index contributed by atoms with van der Waals surface area (Å²) < 4.78 is 11.2. The summed E-state index contributed by atoms with van der Waals surface area (Å²) in [4.78, 5) is 4.79. The molecular formula is C16H25N3O2. The first-order valence-corrected chi connectivity index (χ1v) is 7.61. The normalized spacial score (nSPS) is 25.5. The van der Waals surface area contributed by atoms with Gasteiger partial charge in [-0.3, -0.25) is 4.90 Å². The zero-order valence-electron chi connectivity index (χ0n) is 13.1. The van der Waals surface area contributed by atoms with Crippen molar-refractivity contribution in [3.63, 3.8) is 0 Å². The van der Waals surface area contributed by atoms with E-state index in [2.05, 4.69) is 30.8 Å². The largest absolute Gasteiger partial charge is 0.486 e. The van der Waals surface area contributed by atoms with Crippen LogP contribution in [-0.2, 0) is 6.54 Å². The van der Waals surface area contributed by atoms with Crippen LogP contribution in [0, 0.1) is 5.92 Å². The lowest BCUT2D eigenvalue weighted by molar-refractivity contribution is 0.171. The Labute approximate surface area is 126 Å². The van der Waals surface area contributed by atoms with E-state index in [1.54, 1.807) is 0 Å². The van der Waals surface area contributed by atoms with Gasteiger partial charge in [0, 0.05) is 37.4 Å². The molecule has 5 heteroatoms. The highest BCUT2D eigenvalue weighted by molar-refractivity contribution is 5.58. The minimum absolute atomic E-state index is 0.597. The fraction of sp³-hybridized carbons (Fsp3) is 0.625.